The third kappa shape index (κ3) is 5.35. The third-order valence-corrected chi connectivity index (χ3v) is 10.3. The maximum Gasteiger partial charge on any atom is 0.417 e. The van der Waals surface area contributed by atoms with Gasteiger partial charge in [0, 0.05) is 31.5 Å². The van der Waals surface area contributed by atoms with E-state index >= 15 is 0 Å². The minimum Gasteiger partial charge on any atom is -0.519 e. The van der Waals surface area contributed by atoms with Crippen LogP contribution in [0, 0.1) is 11.8 Å². The zero-order valence-electron chi connectivity index (χ0n) is 18.5. The molecule has 8 heteroatoms. The Bertz CT molecular complexity index is 635. The summed E-state index contributed by atoms with van der Waals surface area (Å²) < 4.78 is 11.3. The van der Waals surface area contributed by atoms with E-state index in [0.717, 1.165) is 0 Å². The highest BCUT2D eigenvalue weighted by atomic mass is 28.4. The van der Waals surface area contributed by atoms with Crippen molar-refractivity contribution < 1.29 is 23.5 Å². The van der Waals surface area contributed by atoms with Gasteiger partial charge in [-0.2, -0.15) is 0 Å². The van der Waals surface area contributed by atoms with Gasteiger partial charge in [-0.3, -0.25) is 9.59 Å². The molecule has 2 fully saturated rings. The molecule has 2 saturated heterocycles. The molecule has 0 radical (unpaired) electrons. The van der Waals surface area contributed by atoms with Crippen molar-refractivity contribution >= 4 is 26.3 Å². The van der Waals surface area contributed by atoms with Crippen molar-refractivity contribution in [3.8, 4) is 0 Å². The van der Waals surface area contributed by atoms with Gasteiger partial charge < -0.3 is 14.5 Å². The van der Waals surface area contributed by atoms with Crippen LogP contribution in [-0.2, 0) is 18.8 Å². The zero-order chi connectivity index (χ0) is 21.5. The van der Waals surface area contributed by atoms with Crippen LogP contribution in [0.5, 0.6) is 0 Å². The Morgan fingerprint density at radius 3 is 2.29 bits per heavy atom. The molecule has 0 aromatic rings. The molecule has 2 rings (SSSR count). The largest absolute Gasteiger partial charge is 0.519 e. The maximum atomic E-state index is 12.7. The van der Waals surface area contributed by atoms with Crippen LogP contribution in [0.2, 0.25) is 18.1 Å². The van der Waals surface area contributed by atoms with Crippen molar-refractivity contribution in [3.05, 3.63) is 0 Å². The lowest BCUT2D eigenvalue weighted by atomic mass is 9.94. The number of hydrogen-bond donors (Lipinski definition) is 1. The molecule has 0 aromatic carbocycles. The highest BCUT2D eigenvalue weighted by molar-refractivity contribution is 6.75. The first-order chi connectivity index (χ1) is 12.6. The van der Waals surface area contributed by atoms with E-state index in [0.29, 0.717) is 25.9 Å². The van der Waals surface area contributed by atoms with Crippen LogP contribution in [0.4, 0.5) is 4.79 Å². The predicted octanol–water partition coefficient (Wildman–Crippen LogP) is 3.30. The van der Waals surface area contributed by atoms with Gasteiger partial charge in [-0.05, 0) is 45.3 Å². The molecular weight excluding hydrogens is 376 g/mol. The van der Waals surface area contributed by atoms with Gasteiger partial charge >= 0.3 is 6.09 Å². The number of hydrogen-bond acceptors (Lipinski definition) is 6. The summed E-state index contributed by atoms with van der Waals surface area (Å²) >= 11 is 0. The summed E-state index contributed by atoms with van der Waals surface area (Å²) in [6, 6.07) is 0.0216. The molecule has 0 aliphatic carbocycles. The van der Waals surface area contributed by atoms with Gasteiger partial charge in [0.25, 0.3) is 14.3 Å². The van der Waals surface area contributed by atoms with Gasteiger partial charge in [0.1, 0.15) is 5.60 Å². The van der Waals surface area contributed by atoms with E-state index in [-0.39, 0.29) is 34.8 Å². The normalized spacial score (nSPS) is 26.5. The molecule has 2 heterocycles. The molecule has 160 valence electrons. The molecule has 0 bridgehead atoms. The second-order valence-corrected chi connectivity index (χ2v) is 15.3. The summed E-state index contributed by atoms with van der Waals surface area (Å²) in [6.07, 6.45) is 0.334. The summed E-state index contributed by atoms with van der Waals surface area (Å²) in [7, 11) is -2.15. The topological polar surface area (TPSA) is 84.9 Å². The molecule has 0 spiro atoms. The van der Waals surface area contributed by atoms with E-state index in [1.54, 1.807) is 20.8 Å². The van der Waals surface area contributed by atoms with Crippen molar-refractivity contribution in [2.45, 2.75) is 84.2 Å². The fraction of sp³-hybridized carbons (Fsp3) is 0.850. The van der Waals surface area contributed by atoms with Crippen LogP contribution < -0.4 is 5.32 Å². The highest BCUT2D eigenvalue weighted by Crippen LogP contribution is 2.38. The fourth-order valence-corrected chi connectivity index (χ4v) is 4.27. The van der Waals surface area contributed by atoms with Gasteiger partial charge in [-0.25, -0.2) is 9.69 Å². The summed E-state index contributed by atoms with van der Waals surface area (Å²) in [5, 5.41) is 3.34. The van der Waals surface area contributed by atoms with Gasteiger partial charge in [0.2, 0.25) is 5.91 Å². The Labute approximate surface area is 169 Å². The number of carbonyl (C=O) groups is 3. The van der Waals surface area contributed by atoms with E-state index in [2.05, 4.69) is 39.2 Å². The van der Waals surface area contributed by atoms with Crippen LogP contribution in [0.25, 0.3) is 0 Å². The zero-order valence-corrected chi connectivity index (χ0v) is 19.5. The minimum absolute atomic E-state index is 0.00862. The smallest absolute Gasteiger partial charge is 0.417 e. The molecule has 0 aromatic heterocycles. The van der Waals surface area contributed by atoms with Gasteiger partial charge in [-0.1, -0.05) is 20.8 Å². The first-order valence-corrected chi connectivity index (χ1v) is 13.0. The van der Waals surface area contributed by atoms with Gasteiger partial charge in [0.05, 0.1) is 5.92 Å². The monoisotopic (exact) mass is 412 g/mol. The first kappa shape index (κ1) is 22.9. The lowest BCUT2D eigenvalue weighted by molar-refractivity contribution is -0.139. The molecule has 1 N–H and O–H groups in total. The van der Waals surface area contributed by atoms with Gasteiger partial charge in [-0.15, -0.1) is 0 Å². The number of ether oxygens (including phenoxy) is 1. The van der Waals surface area contributed by atoms with E-state index in [1.165, 1.54) is 4.90 Å². The van der Waals surface area contributed by atoms with Crippen molar-refractivity contribution in [1.82, 2.24) is 10.2 Å². The van der Waals surface area contributed by atoms with Crippen LogP contribution in [0.3, 0.4) is 0 Å². The number of nitrogens with zero attached hydrogens (tertiary/aromatic N) is 1. The van der Waals surface area contributed by atoms with Crippen molar-refractivity contribution in [2.75, 3.05) is 13.1 Å². The quantitative estimate of drug-likeness (QED) is 0.716. The Morgan fingerprint density at radius 1 is 1.14 bits per heavy atom. The molecule has 28 heavy (non-hydrogen) atoms. The second kappa shape index (κ2) is 7.78. The Kier molecular flexibility index (Phi) is 6.36. The standard InChI is InChI=1S/C20H36N2O5Si/c1-19(2,3)26-18(25)22-12-14(10-16(22)23)15-9-13(11-21-15)17(24)27-28(7,8)20(4,5)6/h13-15,21H,9-12H2,1-8H3/t13-,14?,15+/m1/s1. The SMILES string of the molecule is CC(C)(C)OC(=O)N1CC([C@@H]2C[C@@H](C(=O)O[Si](C)(C)C(C)(C)C)CN2)CC1=O. The number of likely N-dealkylation sites (tertiary alicyclic amines) is 1. The number of nitrogens with one attached hydrogen (secondary N) is 1. The molecule has 2 aliphatic rings. The molecule has 3 atom stereocenters. The summed E-state index contributed by atoms with van der Waals surface area (Å²) in [4.78, 5) is 38.4. The van der Waals surface area contributed by atoms with Crippen molar-refractivity contribution in [1.29, 1.82) is 0 Å². The Morgan fingerprint density at radius 2 is 1.75 bits per heavy atom. The predicted molar refractivity (Wildman–Crippen MR) is 109 cm³/mol. The molecule has 2 amide bonds. The average Bonchev–Trinajstić information content (AvgIpc) is 3.10. The van der Waals surface area contributed by atoms with E-state index in [9.17, 15) is 14.4 Å². The first-order valence-electron chi connectivity index (χ1n) is 10.1. The van der Waals surface area contributed by atoms with Crippen LogP contribution in [-0.4, -0.2) is 55.9 Å². The molecule has 7 nitrogen and oxygen atoms in total. The molecular formula is C20H36N2O5Si. The maximum absolute atomic E-state index is 12.7. The van der Waals surface area contributed by atoms with E-state index < -0.39 is 20.0 Å². The third-order valence-electron chi connectivity index (χ3n) is 6.00. The lowest BCUT2D eigenvalue weighted by Crippen LogP contribution is -2.44. The average molecular weight is 413 g/mol. The van der Waals surface area contributed by atoms with E-state index in [1.807, 2.05) is 0 Å². The van der Waals surface area contributed by atoms with Crippen molar-refractivity contribution in [2.24, 2.45) is 11.8 Å². The summed E-state index contributed by atoms with van der Waals surface area (Å²) in [5.74, 6) is -0.571. The Hall–Kier alpha value is -1.41. The van der Waals surface area contributed by atoms with Crippen LogP contribution in [0.1, 0.15) is 54.4 Å². The number of amides is 2. The fourth-order valence-electron chi connectivity index (χ4n) is 3.29. The number of rotatable bonds is 3. The van der Waals surface area contributed by atoms with Gasteiger partial charge in [0.15, 0.2) is 0 Å². The number of carbonyl (C=O) groups excluding carboxylic acids is 3. The molecule has 0 saturated carbocycles. The molecule has 1 unspecified atom stereocenters. The van der Waals surface area contributed by atoms with Crippen LogP contribution >= 0.6 is 0 Å². The highest BCUT2D eigenvalue weighted by Gasteiger charge is 2.46. The Balaban J connectivity index is 1.93. The van der Waals surface area contributed by atoms with E-state index in [4.69, 9.17) is 9.16 Å². The summed E-state index contributed by atoms with van der Waals surface area (Å²) in [6.45, 7) is 16.7. The lowest BCUT2D eigenvalue weighted by Gasteiger charge is -2.36. The van der Waals surface area contributed by atoms with Crippen LogP contribution in [0.15, 0.2) is 0 Å². The van der Waals surface area contributed by atoms with Crippen molar-refractivity contribution in [3.63, 3.8) is 0 Å². The summed E-state index contributed by atoms with van der Waals surface area (Å²) in [5.41, 5.74) is -0.639. The minimum atomic E-state index is -2.15. The molecule has 2 aliphatic heterocycles. The second-order valence-electron chi connectivity index (χ2n) is 10.6. The number of imide groups is 1.